The van der Waals surface area contributed by atoms with Crippen molar-refractivity contribution in [1.82, 2.24) is 10.6 Å². The van der Waals surface area contributed by atoms with Crippen LogP contribution < -0.4 is 10.6 Å². The van der Waals surface area contributed by atoms with E-state index in [1.807, 2.05) is 6.92 Å². The van der Waals surface area contributed by atoms with Crippen molar-refractivity contribution in [2.45, 2.75) is 49.5 Å². The summed E-state index contributed by atoms with van der Waals surface area (Å²) in [5, 5.41) is 4.73. The minimum atomic E-state index is -0.582. The van der Waals surface area contributed by atoms with E-state index in [9.17, 15) is 14.4 Å². The van der Waals surface area contributed by atoms with Gasteiger partial charge in [-0.1, -0.05) is 13.3 Å². The second-order valence-electron chi connectivity index (χ2n) is 7.32. The molecule has 3 amide bonds. The molecule has 26 heavy (non-hydrogen) atoms. The quantitative estimate of drug-likeness (QED) is 0.691. The monoisotopic (exact) mass is 400 g/mol. The minimum absolute atomic E-state index is 0.112. The highest BCUT2D eigenvalue weighted by molar-refractivity contribution is 8.21. The maximum atomic E-state index is 12.5. The summed E-state index contributed by atoms with van der Waals surface area (Å²) in [7, 11) is 0. The minimum Gasteiger partial charge on any atom is -0.455 e. The number of thioether (sulfide) groups is 2. The maximum absolute atomic E-state index is 12.5. The molecule has 3 aliphatic rings. The van der Waals surface area contributed by atoms with Gasteiger partial charge in [0.15, 0.2) is 6.61 Å². The Morgan fingerprint density at radius 3 is 2.38 bits per heavy atom. The van der Waals surface area contributed by atoms with E-state index in [0.29, 0.717) is 22.5 Å². The van der Waals surface area contributed by atoms with Crippen LogP contribution in [0.4, 0.5) is 4.79 Å². The highest BCUT2D eigenvalue weighted by Crippen LogP contribution is 2.64. The maximum Gasteiger partial charge on any atom is 0.321 e. The summed E-state index contributed by atoms with van der Waals surface area (Å²) in [5.74, 6) is 2.59. The lowest BCUT2D eigenvalue weighted by atomic mass is 9.67. The van der Waals surface area contributed by atoms with Crippen molar-refractivity contribution in [3.8, 4) is 0 Å². The van der Waals surface area contributed by atoms with Crippen LogP contribution in [0.3, 0.4) is 0 Å². The standard InChI is InChI=1S/C18H28N2O4S2/c1-2-6-19-17(23)20-15(21)11-24-16(22)12-9-13-4-3-5-14(10-12)18(13)25-7-8-26-18/h12-14H,2-11H2,1H3,(H2,19,20,21,23). The summed E-state index contributed by atoms with van der Waals surface area (Å²) >= 11 is 4.21. The fourth-order valence-corrected chi connectivity index (χ4v) is 8.44. The Morgan fingerprint density at radius 2 is 1.77 bits per heavy atom. The normalized spacial score (nSPS) is 29.2. The van der Waals surface area contributed by atoms with E-state index in [0.717, 1.165) is 19.3 Å². The Morgan fingerprint density at radius 1 is 1.12 bits per heavy atom. The summed E-state index contributed by atoms with van der Waals surface area (Å²) < 4.78 is 5.54. The average molecular weight is 401 g/mol. The molecule has 2 N–H and O–H groups in total. The fourth-order valence-electron chi connectivity index (χ4n) is 4.50. The Bertz CT molecular complexity index is 535. The fraction of sp³-hybridized carbons (Fsp3) is 0.833. The van der Waals surface area contributed by atoms with Crippen LogP contribution in [-0.2, 0) is 14.3 Å². The van der Waals surface area contributed by atoms with Gasteiger partial charge in [-0.05, 0) is 43.9 Å². The van der Waals surface area contributed by atoms with Crippen LogP contribution in [0.2, 0.25) is 0 Å². The molecule has 2 unspecified atom stereocenters. The lowest BCUT2D eigenvalue weighted by Crippen LogP contribution is -2.48. The lowest BCUT2D eigenvalue weighted by Gasteiger charge is -2.51. The highest BCUT2D eigenvalue weighted by atomic mass is 32.2. The van der Waals surface area contributed by atoms with Crippen molar-refractivity contribution < 1.29 is 19.1 Å². The van der Waals surface area contributed by atoms with Crippen molar-refractivity contribution in [3.63, 3.8) is 0 Å². The van der Waals surface area contributed by atoms with Crippen molar-refractivity contribution in [1.29, 1.82) is 0 Å². The molecule has 1 spiro atoms. The third-order valence-corrected chi connectivity index (χ3v) is 9.61. The van der Waals surface area contributed by atoms with E-state index in [4.69, 9.17) is 4.74 Å². The van der Waals surface area contributed by atoms with E-state index >= 15 is 0 Å². The zero-order chi connectivity index (χ0) is 18.6. The molecule has 2 atom stereocenters. The second kappa shape index (κ2) is 8.87. The van der Waals surface area contributed by atoms with Crippen LogP contribution in [0.25, 0.3) is 0 Å². The van der Waals surface area contributed by atoms with Crippen molar-refractivity contribution in [3.05, 3.63) is 0 Å². The van der Waals surface area contributed by atoms with Crippen LogP contribution in [0.15, 0.2) is 0 Å². The molecule has 2 saturated carbocycles. The van der Waals surface area contributed by atoms with Gasteiger partial charge in [-0.3, -0.25) is 14.9 Å². The van der Waals surface area contributed by atoms with Crippen LogP contribution in [0, 0.1) is 17.8 Å². The number of esters is 1. The number of nitrogens with one attached hydrogen (secondary N) is 2. The number of amides is 3. The predicted molar refractivity (Wildman–Crippen MR) is 104 cm³/mol. The van der Waals surface area contributed by atoms with Crippen LogP contribution >= 0.6 is 23.5 Å². The molecule has 8 heteroatoms. The largest absolute Gasteiger partial charge is 0.455 e. The van der Waals surface area contributed by atoms with Gasteiger partial charge >= 0.3 is 12.0 Å². The van der Waals surface area contributed by atoms with Gasteiger partial charge in [-0.15, -0.1) is 23.5 Å². The number of rotatable bonds is 5. The van der Waals surface area contributed by atoms with Gasteiger partial charge < -0.3 is 10.1 Å². The topological polar surface area (TPSA) is 84.5 Å². The van der Waals surface area contributed by atoms with E-state index in [1.54, 1.807) is 0 Å². The highest BCUT2D eigenvalue weighted by Gasteiger charge is 2.55. The summed E-state index contributed by atoms with van der Waals surface area (Å²) in [6, 6.07) is -0.544. The summed E-state index contributed by atoms with van der Waals surface area (Å²) in [4.78, 5) is 35.7. The molecule has 1 aliphatic heterocycles. The molecule has 0 aromatic heterocycles. The Labute approximate surface area is 163 Å². The third kappa shape index (κ3) is 4.32. The molecule has 3 fully saturated rings. The van der Waals surface area contributed by atoms with Gasteiger partial charge in [0.25, 0.3) is 5.91 Å². The van der Waals surface area contributed by atoms with E-state index in [1.165, 1.54) is 30.8 Å². The number of hydrogen-bond acceptors (Lipinski definition) is 6. The second-order valence-corrected chi connectivity index (χ2v) is 10.3. The van der Waals surface area contributed by atoms with E-state index < -0.39 is 18.5 Å². The van der Waals surface area contributed by atoms with Crippen LogP contribution in [0.5, 0.6) is 0 Å². The predicted octanol–water partition coefficient (Wildman–Crippen LogP) is 2.77. The number of imide groups is 1. The van der Waals surface area contributed by atoms with Crippen molar-refractivity contribution in [2.75, 3.05) is 24.7 Å². The Kier molecular flexibility index (Phi) is 6.77. The molecule has 0 aromatic rings. The first-order valence-corrected chi connectivity index (χ1v) is 11.5. The molecule has 1 saturated heterocycles. The summed E-state index contributed by atoms with van der Waals surface area (Å²) in [5.41, 5.74) is 0. The van der Waals surface area contributed by atoms with Crippen molar-refractivity contribution >= 4 is 41.4 Å². The number of ether oxygens (including phenoxy) is 1. The average Bonchev–Trinajstić information content (AvgIpc) is 3.07. The van der Waals surface area contributed by atoms with Gasteiger partial charge in [0.2, 0.25) is 0 Å². The molecule has 1 heterocycles. The van der Waals surface area contributed by atoms with Crippen molar-refractivity contribution in [2.24, 2.45) is 17.8 Å². The lowest BCUT2D eigenvalue weighted by molar-refractivity contribution is -0.155. The van der Waals surface area contributed by atoms with E-state index in [2.05, 4.69) is 34.2 Å². The molecule has 6 nitrogen and oxygen atoms in total. The first-order valence-electron chi connectivity index (χ1n) is 9.57. The number of hydrogen-bond donors (Lipinski definition) is 2. The summed E-state index contributed by atoms with van der Waals surface area (Å²) in [6.07, 6.45) is 6.17. The first kappa shape index (κ1) is 19.9. The smallest absolute Gasteiger partial charge is 0.321 e. The molecular weight excluding hydrogens is 372 g/mol. The SMILES string of the molecule is CCCNC(=O)NC(=O)COC(=O)C1CC2CCCC(C1)C21SCCS1. The van der Waals surface area contributed by atoms with Gasteiger partial charge in [0, 0.05) is 18.1 Å². The first-order chi connectivity index (χ1) is 12.5. The molecule has 146 valence electrons. The number of carbonyl (C=O) groups is 3. The van der Waals surface area contributed by atoms with Crippen LogP contribution in [0.1, 0.15) is 45.4 Å². The van der Waals surface area contributed by atoms with Gasteiger partial charge in [-0.2, -0.15) is 0 Å². The molecule has 2 bridgehead atoms. The number of carbonyl (C=O) groups excluding carboxylic acids is 3. The third-order valence-electron chi connectivity index (χ3n) is 5.59. The van der Waals surface area contributed by atoms with Gasteiger partial charge in [-0.25, -0.2) is 4.79 Å². The molecular formula is C18H28N2O4S2. The van der Waals surface area contributed by atoms with Crippen LogP contribution in [-0.4, -0.2) is 46.6 Å². The number of urea groups is 1. The molecule has 2 aliphatic carbocycles. The van der Waals surface area contributed by atoms with Gasteiger partial charge in [0.05, 0.1) is 10.00 Å². The Balaban J connectivity index is 1.47. The van der Waals surface area contributed by atoms with E-state index in [-0.39, 0.29) is 11.9 Å². The molecule has 0 radical (unpaired) electrons. The molecule has 3 rings (SSSR count). The summed E-state index contributed by atoms with van der Waals surface area (Å²) in [6.45, 7) is 2.04. The zero-order valence-corrected chi connectivity index (χ0v) is 16.9. The zero-order valence-electron chi connectivity index (χ0n) is 15.3. The Hall–Kier alpha value is -0.890. The molecule has 0 aromatic carbocycles. The van der Waals surface area contributed by atoms with Gasteiger partial charge in [0.1, 0.15) is 0 Å².